The van der Waals surface area contributed by atoms with Gasteiger partial charge < -0.3 is 4.90 Å². The zero-order valence-electron chi connectivity index (χ0n) is 11.5. The van der Waals surface area contributed by atoms with Crippen molar-refractivity contribution < 1.29 is 0 Å². The Labute approximate surface area is 123 Å². The van der Waals surface area contributed by atoms with Gasteiger partial charge in [-0.05, 0) is 44.7 Å². The van der Waals surface area contributed by atoms with Crippen LogP contribution in [-0.4, -0.2) is 37.1 Å². The minimum absolute atomic E-state index is 0.311. The largest absolute Gasteiger partial charge is 0.370 e. The lowest BCUT2D eigenvalue weighted by atomic mass is 10.1. The third kappa shape index (κ3) is 3.49. The summed E-state index contributed by atoms with van der Waals surface area (Å²) in [6.45, 7) is 4.22. The van der Waals surface area contributed by atoms with Crippen molar-refractivity contribution in [3.05, 3.63) is 28.7 Å². The third-order valence-electron chi connectivity index (χ3n) is 4.04. The third-order valence-corrected chi connectivity index (χ3v) is 4.57. The van der Waals surface area contributed by atoms with Crippen molar-refractivity contribution in [2.75, 3.05) is 25.0 Å². The average molecular weight is 322 g/mol. The van der Waals surface area contributed by atoms with Crippen molar-refractivity contribution in [3.8, 4) is 6.07 Å². The Morgan fingerprint density at radius 1 is 1.37 bits per heavy atom. The van der Waals surface area contributed by atoms with Gasteiger partial charge in [-0.2, -0.15) is 5.26 Å². The highest BCUT2D eigenvalue weighted by Gasteiger charge is 2.26. The second-order valence-electron chi connectivity index (χ2n) is 5.24. The van der Waals surface area contributed by atoms with Gasteiger partial charge in [-0.3, -0.25) is 4.90 Å². The highest BCUT2D eigenvalue weighted by molar-refractivity contribution is 9.10. The molecule has 2 rings (SSSR count). The monoisotopic (exact) mass is 321 g/mol. The lowest BCUT2D eigenvalue weighted by Crippen LogP contribution is -2.41. The number of likely N-dealkylation sites (N-methyl/N-ethyl adjacent to an activating group) is 1. The molecule has 1 heterocycles. The van der Waals surface area contributed by atoms with Crippen molar-refractivity contribution in [1.82, 2.24) is 4.90 Å². The SMILES string of the molecule is CC1CCN(c2ccc(Br)cc2)CC(CC#N)N1C. The summed E-state index contributed by atoms with van der Waals surface area (Å²) in [7, 11) is 2.14. The smallest absolute Gasteiger partial charge is 0.0638 e. The summed E-state index contributed by atoms with van der Waals surface area (Å²) in [5.41, 5.74) is 1.24. The van der Waals surface area contributed by atoms with E-state index in [1.807, 2.05) is 0 Å². The van der Waals surface area contributed by atoms with Crippen LogP contribution in [0, 0.1) is 11.3 Å². The molecule has 0 N–H and O–H groups in total. The van der Waals surface area contributed by atoms with Crippen molar-refractivity contribution in [1.29, 1.82) is 5.26 Å². The van der Waals surface area contributed by atoms with Gasteiger partial charge in [0.1, 0.15) is 0 Å². The molecule has 1 aliphatic heterocycles. The van der Waals surface area contributed by atoms with E-state index in [9.17, 15) is 0 Å². The summed E-state index contributed by atoms with van der Waals surface area (Å²) >= 11 is 3.47. The topological polar surface area (TPSA) is 30.3 Å². The van der Waals surface area contributed by atoms with Gasteiger partial charge in [-0.25, -0.2) is 0 Å². The standard InChI is InChI=1S/C15H20BrN3/c1-12-8-10-19(11-15(7-9-17)18(12)2)14-5-3-13(16)4-6-14/h3-6,12,15H,7-8,10-11H2,1-2H3. The molecule has 0 bridgehead atoms. The predicted molar refractivity (Wildman–Crippen MR) is 82.2 cm³/mol. The van der Waals surface area contributed by atoms with E-state index in [4.69, 9.17) is 5.26 Å². The molecule has 0 saturated carbocycles. The van der Waals surface area contributed by atoms with Crippen LogP contribution in [-0.2, 0) is 0 Å². The molecular formula is C15H20BrN3. The highest BCUT2D eigenvalue weighted by Crippen LogP contribution is 2.23. The predicted octanol–water partition coefficient (Wildman–Crippen LogP) is 3.26. The van der Waals surface area contributed by atoms with E-state index < -0.39 is 0 Å². The molecule has 4 heteroatoms. The fraction of sp³-hybridized carbons (Fsp3) is 0.533. The van der Waals surface area contributed by atoms with Crippen LogP contribution in [0.5, 0.6) is 0 Å². The Bertz CT molecular complexity index is 451. The Balaban J connectivity index is 2.17. The Morgan fingerprint density at radius 3 is 2.68 bits per heavy atom. The summed E-state index contributed by atoms with van der Waals surface area (Å²) in [6.07, 6.45) is 1.72. The van der Waals surface area contributed by atoms with Gasteiger partial charge in [-0.1, -0.05) is 15.9 Å². The number of nitrogens with zero attached hydrogens (tertiary/aromatic N) is 3. The Kier molecular flexibility index (Phi) is 4.84. The van der Waals surface area contributed by atoms with E-state index >= 15 is 0 Å². The number of hydrogen-bond acceptors (Lipinski definition) is 3. The fourth-order valence-corrected chi connectivity index (χ4v) is 2.85. The van der Waals surface area contributed by atoms with E-state index in [0.29, 0.717) is 18.5 Å². The molecule has 0 amide bonds. The van der Waals surface area contributed by atoms with Crippen molar-refractivity contribution in [2.24, 2.45) is 0 Å². The maximum Gasteiger partial charge on any atom is 0.0638 e. The van der Waals surface area contributed by atoms with Gasteiger partial charge in [0.05, 0.1) is 12.5 Å². The molecule has 0 spiro atoms. The second kappa shape index (κ2) is 6.40. The van der Waals surface area contributed by atoms with Crippen LogP contribution in [0.2, 0.25) is 0 Å². The first-order chi connectivity index (χ1) is 9.11. The van der Waals surface area contributed by atoms with Gasteiger partial charge >= 0.3 is 0 Å². The van der Waals surface area contributed by atoms with E-state index in [1.165, 1.54) is 5.69 Å². The van der Waals surface area contributed by atoms with E-state index in [-0.39, 0.29) is 0 Å². The number of nitriles is 1. The average Bonchev–Trinajstić information content (AvgIpc) is 2.54. The molecule has 19 heavy (non-hydrogen) atoms. The van der Waals surface area contributed by atoms with Gasteiger partial charge in [0, 0.05) is 35.3 Å². The Morgan fingerprint density at radius 2 is 2.05 bits per heavy atom. The van der Waals surface area contributed by atoms with Crippen molar-refractivity contribution >= 4 is 21.6 Å². The number of halogens is 1. The molecule has 1 fully saturated rings. The van der Waals surface area contributed by atoms with Crippen molar-refractivity contribution in [3.63, 3.8) is 0 Å². The molecular weight excluding hydrogens is 302 g/mol. The number of rotatable bonds is 2. The summed E-state index contributed by atoms with van der Waals surface area (Å²) < 4.78 is 1.10. The van der Waals surface area contributed by atoms with Crippen LogP contribution < -0.4 is 4.90 Å². The molecule has 102 valence electrons. The summed E-state index contributed by atoms with van der Waals surface area (Å²) in [6, 6.07) is 11.6. The molecule has 1 aliphatic rings. The van der Waals surface area contributed by atoms with E-state index in [0.717, 1.165) is 24.0 Å². The second-order valence-corrected chi connectivity index (χ2v) is 6.16. The fourth-order valence-electron chi connectivity index (χ4n) is 2.58. The van der Waals surface area contributed by atoms with Crippen LogP contribution in [0.3, 0.4) is 0 Å². The van der Waals surface area contributed by atoms with Crippen LogP contribution in [0.15, 0.2) is 28.7 Å². The van der Waals surface area contributed by atoms with E-state index in [1.54, 1.807) is 0 Å². The first-order valence-electron chi connectivity index (χ1n) is 6.71. The van der Waals surface area contributed by atoms with Gasteiger partial charge in [-0.15, -0.1) is 0 Å². The molecule has 2 unspecified atom stereocenters. The number of hydrogen-bond donors (Lipinski definition) is 0. The maximum absolute atomic E-state index is 9.01. The van der Waals surface area contributed by atoms with Gasteiger partial charge in [0.15, 0.2) is 0 Å². The first kappa shape index (κ1) is 14.4. The summed E-state index contributed by atoms with van der Waals surface area (Å²) in [5.74, 6) is 0. The molecule has 1 aromatic rings. The molecule has 0 aromatic heterocycles. The first-order valence-corrected chi connectivity index (χ1v) is 7.50. The lowest BCUT2D eigenvalue weighted by Gasteiger charge is -2.30. The number of benzene rings is 1. The molecule has 1 aromatic carbocycles. The normalized spacial score (nSPS) is 24.8. The number of anilines is 1. The molecule has 3 nitrogen and oxygen atoms in total. The van der Waals surface area contributed by atoms with Gasteiger partial charge in [0.25, 0.3) is 0 Å². The zero-order chi connectivity index (χ0) is 13.8. The van der Waals surface area contributed by atoms with Crippen molar-refractivity contribution in [2.45, 2.75) is 31.8 Å². The zero-order valence-corrected chi connectivity index (χ0v) is 13.1. The molecule has 0 radical (unpaired) electrons. The quantitative estimate of drug-likeness (QED) is 0.837. The van der Waals surface area contributed by atoms with Gasteiger partial charge in [0.2, 0.25) is 0 Å². The van der Waals surface area contributed by atoms with Crippen LogP contribution in [0.4, 0.5) is 5.69 Å². The Hall–Kier alpha value is -1.05. The minimum atomic E-state index is 0.311. The van der Waals surface area contributed by atoms with E-state index in [2.05, 4.69) is 70.0 Å². The molecule has 0 aliphatic carbocycles. The molecule has 1 saturated heterocycles. The maximum atomic E-state index is 9.01. The van der Waals surface area contributed by atoms with Crippen LogP contribution >= 0.6 is 15.9 Å². The van der Waals surface area contributed by atoms with Crippen LogP contribution in [0.25, 0.3) is 0 Å². The minimum Gasteiger partial charge on any atom is -0.370 e. The summed E-state index contributed by atoms with van der Waals surface area (Å²) in [4.78, 5) is 4.75. The summed E-state index contributed by atoms with van der Waals surface area (Å²) in [5, 5.41) is 9.01. The van der Waals surface area contributed by atoms with Crippen LogP contribution in [0.1, 0.15) is 19.8 Å². The highest BCUT2D eigenvalue weighted by atomic mass is 79.9. The molecule has 2 atom stereocenters. The lowest BCUT2D eigenvalue weighted by molar-refractivity contribution is 0.199.